The number of carboxylic acids is 1. The Morgan fingerprint density at radius 2 is 1.93 bits per heavy atom. The van der Waals surface area contributed by atoms with Crippen LogP contribution in [0, 0.1) is 5.82 Å². The van der Waals surface area contributed by atoms with Gasteiger partial charge in [0.1, 0.15) is 5.82 Å². The Bertz CT molecular complexity index is 1040. The maximum atomic E-state index is 13.5. The van der Waals surface area contributed by atoms with Crippen LogP contribution >= 0.6 is 11.6 Å². The average Bonchev–Trinajstić information content (AvgIpc) is 3.03. The van der Waals surface area contributed by atoms with Gasteiger partial charge in [0.2, 0.25) is 5.88 Å². The van der Waals surface area contributed by atoms with E-state index in [1.54, 1.807) is 24.3 Å². The first-order chi connectivity index (χ1) is 13.3. The molecule has 1 amide bonds. The largest absolute Gasteiger partial charge is 0.493 e. The van der Waals surface area contributed by atoms with Crippen molar-refractivity contribution >= 4 is 23.5 Å². The average molecular weight is 404 g/mol. The van der Waals surface area contributed by atoms with Crippen LogP contribution in [0.25, 0.3) is 5.69 Å². The van der Waals surface area contributed by atoms with Gasteiger partial charge in [0.15, 0.2) is 5.69 Å². The Hall–Kier alpha value is -3.39. The predicted octanol–water partition coefficient (Wildman–Crippen LogP) is 3.32. The molecule has 3 aromatic rings. The third-order valence-corrected chi connectivity index (χ3v) is 4.15. The van der Waals surface area contributed by atoms with E-state index in [1.165, 1.54) is 18.2 Å². The maximum absolute atomic E-state index is 13.5. The molecule has 1 aromatic heterocycles. The van der Waals surface area contributed by atoms with Crippen molar-refractivity contribution in [2.45, 2.75) is 12.5 Å². The van der Waals surface area contributed by atoms with Crippen LogP contribution < -0.4 is 5.32 Å². The summed E-state index contributed by atoms with van der Waals surface area (Å²) in [5.74, 6) is -2.73. The van der Waals surface area contributed by atoms with Gasteiger partial charge >= 0.3 is 5.97 Å². The molecule has 0 aliphatic rings. The normalized spacial score (nSPS) is 11.8. The van der Waals surface area contributed by atoms with Crippen molar-refractivity contribution in [3.8, 4) is 11.6 Å². The first kappa shape index (κ1) is 19.4. The second-order valence-electron chi connectivity index (χ2n) is 5.96. The fourth-order valence-corrected chi connectivity index (χ4v) is 2.85. The van der Waals surface area contributed by atoms with Gasteiger partial charge in [-0.25, -0.2) is 9.07 Å². The highest BCUT2D eigenvalue weighted by Crippen LogP contribution is 2.22. The van der Waals surface area contributed by atoms with E-state index in [2.05, 4.69) is 10.4 Å². The molecule has 3 N–H and O–H groups in total. The van der Waals surface area contributed by atoms with E-state index < -0.39 is 30.2 Å². The first-order valence-electron chi connectivity index (χ1n) is 8.16. The molecule has 144 valence electrons. The number of halogens is 2. The number of carbonyl (C=O) groups is 2. The van der Waals surface area contributed by atoms with E-state index in [4.69, 9.17) is 16.7 Å². The van der Waals surface area contributed by atoms with Crippen molar-refractivity contribution in [2.24, 2.45) is 0 Å². The molecule has 0 spiro atoms. The van der Waals surface area contributed by atoms with E-state index in [0.29, 0.717) is 16.3 Å². The number of aliphatic carboxylic acids is 1. The van der Waals surface area contributed by atoms with Crippen molar-refractivity contribution < 1.29 is 24.2 Å². The van der Waals surface area contributed by atoms with Crippen molar-refractivity contribution in [2.75, 3.05) is 0 Å². The lowest BCUT2D eigenvalue weighted by Crippen LogP contribution is -2.30. The number of aromatic nitrogens is 2. The summed E-state index contributed by atoms with van der Waals surface area (Å²) in [5, 5.41) is 26.2. The van der Waals surface area contributed by atoms with Gasteiger partial charge in [-0.2, -0.15) is 5.10 Å². The Morgan fingerprint density at radius 1 is 1.18 bits per heavy atom. The number of hydrogen-bond acceptors (Lipinski definition) is 4. The van der Waals surface area contributed by atoms with Gasteiger partial charge in [0.25, 0.3) is 5.91 Å². The molecule has 0 saturated heterocycles. The molecule has 1 heterocycles. The molecule has 2 aromatic carbocycles. The number of carbonyl (C=O) groups excluding carboxylic acids is 1. The van der Waals surface area contributed by atoms with Gasteiger partial charge in [0, 0.05) is 11.1 Å². The molecule has 0 bridgehead atoms. The maximum Gasteiger partial charge on any atom is 0.305 e. The molecular weight excluding hydrogens is 389 g/mol. The lowest BCUT2D eigenvalue weighted by Gasteiger charge is -2.16. The minimum absolute atomic E-state index is 0.135. The first-order valence-corrected chi connectivity index (χ1v) is 8.54. The molecule has 28 heavy (non-hydrogen) atoms. The highest BCUT2D eigenvalue weighted by molar-refractivity contribution is 6.30. The van der Waals surface area contributed by atoms with Crippen LogP contribution in [-0.4, -0.2) is 31.9 Å². The number of aromatic hydroxyl groups is 1. The smallest absolute Gasteiger partial charge is 0.305 e. The van der Waals surface area contributed by atoms with Crippen LogP contribution in [0.1, 0.15) is 28.5 Å². The summed E-state index contributed by atoms with van der Waals surface area (Å²) in [6.45, 7) is 0. The number of benzene rings is 2. The summed E-state index contributed by atoms with van der Waals surface area (Å²) in [6, 6.07) is 12.0. The minimum atomic E-state index is -1.16. The van der Waals surface area contributed by atoms with Crippen LogP contribution in [0.4, 0.5) is 4.39 Å². The van der Waals surface area contributed by atoms with Crippen LogP contribution in [-0.2, 0) is 4.79 Å². The van der Waals surface area contributed by atoms with Crippen LogP contribution in [0.3, 0.4) is 0 Å². The van der Waals surface area contributed by atoms with Gasteiger partial charge in [0.05, 0.1) is 18.2 Å². The van der Waals surface area contributed by atoms with Gasteiger partial charge < -0.3 is 15.5 Å². The molecular formula is C19H15ClFN3O4. The highest BCUT2D eigenvalue weighted by atomic mass is 35.5. The van der Waals surface area contributed by atoms with Crippen LogP contribution in [0.15, 0.2) is 54.6 Å². The van der Waals surface area contributed by atoms with Crippen LogP contribution in [0.2, 0.25) is 5.02 Å². The quantitative estimate of drug-likeness (QED) is 0.585. The van der Waals surface area contributed by atoms with E-state index >= 15 is 0 Å². The van der Waals surface area contributed by atoms with E-state index in [-0.39, 0.29) is 11.6 Å². The Morgan fingerprint density at radius 3 is 2.61 bits per heavy atom. The molecule has 0 aliphatic heterocycles. The van der Waals surface area contributed by atoms with Gasteiger partial charge in [-0.05, 0) is 35.9 Å². The Kier molecular flexibility index (Phi) is 5.60. The van der Waals surface area contributed by atoms with Crippen molar-refractivity contribution in [3.05, 3.63) is 76.7 Å². The van der Waals surface area contributed by atoms with Crippen molar-refractivity contribution in [1.82, 2.24) is 15.1 Å². The SMILES string of the molecule is O=C(O)C[C@H](NC(=O)c1cc(O)n(-c2cccc(Cl)c2)n1)c1cccc(F)c1. The third-order valence-electron chi connectivity index (χ3n) is 3.91. The van der Waals surface area contributed by atoms with Crippen molar-refractivity contribution in [1.29, 1.82) is 0 Å². The standard InChI is InChI=1S/C19H15ClFN3O4/c20-12-4-2-6-14(8-12)24-17(25)9-16(23-24)19(28)22-15(10-18(26)27)11-3-1-5-13(21)7-11/h1-9,15,25H,10H2,(H,22,28)(H,26,27)/t15-/m0/s1. The predicted molar refractivity (Wildman–Crippen MR) is 99.1 cm³/mol. The molecule has 0 saturated carbocycles. The zero-order valence-electron chi connectivity index (χ0n) is 14.3. The Balaban J connectivity index is 1.86. The molecule has 7 nitrogen and oxygen atoms in total. The molecule has 1 atom stereocenters. The van der Waals surface area contributed by atoms with Gasteiger partial charge in [-0.1, -0.05) is 29.8 Å². The minimum Gasteiger partial charge on any atom is -0.493 e. The zero-order chi connectivity index (χ0) is 20.3. The molecule has 3 rings (SSSR count). The number of amides is 1. The highest BCUT2D eigenvalue weighted by Gasteiger charge is 2.22. The third kappa shape index (κ3) is 4.47. The summed E-state index contributed by atoms with van der Waals surface area (Å²) in [5.41, 5.74) is 0.606. The lowest BCUT2D eigenvalue weighted by atomic mass is 10.0. The molecule has 0 aliphatic carbocycles. The van der Waals surface area contributed by atoms with Crippen LogP contribution in [0.5, 0.6) is 5.88 Å². The second kappa shape index (κ2) is 8.10. The second-order valence-corrected chi connectivity index (χ2v) is 6.39. The van der Waals surface area contributed by atoms with Crippen molar-refractivity contribution in [3.63, 3.8) is 0 Å². The summed E-state index contributed by atoms with van der Waals surface area (Å²) in [4.78, 5) is 23.7. The Labute approximate surface area is 164 Å². The topological polar surface area (TPSA) is 104 Å². The number of hydrogen-bond donors (Lipinski definition) is 3. The number of nitrogens with zero attached hydrogens (tertiary/aromatic N) is 2. The summed E-state index contributed by atoms with van der Waals surface area (Å²) >= 11 is 5.93. The summed E-state index contributed by atoms with van der Waals surface area (Å²) in [7, 11) is 0. The molecule has 0 radical (unpaired) electrons. The fraction of sp³-hybridized carbons (Fsp3) is 0.105. The van der Waals surface area contributed by atoms with Gasteiger partial charge in [-0.3, -0.25) is 9.59 Å². The van der Waals surface area contributed by atoms with E-state index in [0.717, 1.165) is 16.8 Å². The zero-order valence-corrected chi connectivity index (χ0v) is 15.1. The number of nitrogens with one attached hydrogen (secondary N) is 1. The van der Waals surface area contributed by atoms with E-state index in [9.17, 15) is 19.1 Å². The molecule has 0 unspecified atom stereocenters. The van der Waals surface area contributed by atoms with E-state index in [1.807, 2.05) is 0 Å². The summed E-state index contributed by atoms with van der Waals surface area (Å²) < 4.78 is 14.6. The van der Waals surface area contributed by atoms with Gasteiger partial charge in [-0.15, -0.1) is 0 Å². The number of rotatable bonds is 6. The fourth-order valence-electron chi connectivity index (χ4n) is 2.66. The lowest BCUT2D eigenvalue weighted by molar-refractivity contribution is -0.137. The molecule has 0 fully saturated rings. The summed E-state index contributed by atoms with van der Waals surface area (Å²) in [6.07, 6.45) is -0.448. The molecule has 9 heteroatoms. The number of carboxylic acid groups (broad SMARTS) is 1. The monoisotopic (exact) mass is 403 g/mol.